The monoisotopic (exact) mass is 491 g/mol. The van der Waals surface area contributed by atoms with Crippen LogP contribution in [0.4, 0.5) is 11.5 Å². The molecule has 0 spiro atoms. The van der Waals surface area contributed by atoms with E-state index in [2.05, 4.69) is 22.4 Å². The van der Waals surface area contributed by atoms with Crippen LogP contribution in [0, 0.1) is 22.7 Å². The number of nitrogen functional groups attached to an aromatic ring is 1. The minimum absolute atomic E-state index is 0.0557. The first-order valence-corrected chi connectivity index (χ1v) is 12.0. The highest BCUT2D eigenvalue weighted by Gasteiger charge is 2.20. The van der Waals surface area contributed by atoms with Gasteiger partial charge in [0.05, 0.1) is 5.56 Å². The molecule has 0 aliphatic rings. The number of nitriles is 2. The van der Waals surface area contributed by atoms with Crippen molar-refractivity contribution in [2.24, 2.45) is 0 Å². The zero-order valence-electron chi connectivity index (χ0n) is 19.1. The lowest BCUT2D eigenvalue weighted by Gasteiger charge is -2.13. The van der Waals surface area contributed by atoms with Crippen molar-refractivity contribution in [1.82, 2.24) is 4.98 Å². The van der Waals surface area contributed by atoms with Crippen molar-refractivity contribution in [2.45, 2.75) is 11.4 Å². The first kappa shape index (κ1) is 24.3. The number of hydrogen-bond acceptors (Lipinski definition) is 7. The normalized spacial score (nSPS) is 10.2. The highest BCUT2D eigenvalue weighted by molar-refractivity contribution is 7.99. The van der Waals surface area contributed by atoms with E-state index in [0.29, 0.717) is 33.3 Å². The second kappa shape index (κ2) is 11.6. The Hall–Kier alpha value is -4.79. The fourth-order valence-electron chi connectivity index (χ4n) is 3.49. The van der Waals surface area contributed by atoms with Crippen LogP contribution in [0.3, 0.4) is 0 Å². The standard InChI is InChI=1S/C28H21N5O2S/c29-17-23-26(19-7-3-1-4-8-19)24(18-30)28(33-27(23)31)36-16-15-25(34)32-20-11-13-22(14-12-20)35-21-9-5-2-6-10-21/h1-14H,15-16H2,(H2,31,33)(H,32,34). The first-order valence-electron chi connectivity index (χ1n) is 11.0. The quantitative estimate of drug-likeness (QED) is 0.290. The third-order valence-corrected chi connectivity index (χ3v) is 6.14. The summed E-state index contributed by atoms with van der Waals surface area (Å²) in [6.07, 6.45) is 0.195. The van der Waals surface area contributed by atoms with Crippen molar-refractivity contribution < 1.29 is 9.53 Å². The van der Waals surface area contributed by atoms with Crippen molar-refractivity contribution in [3.05, 3.63) is 96.1 Å². The molecule has 0 unspecified atom stereocenters. The molecular weight excluding hydrogens is 470 g/mol. The van der Waals surface area contributed by atoms with Crippen LogP contribution >= 0.6 is 11.8 Å². The number of hydrogen-bond donors (Lipinski definition) is 2. The molecule has 3 N–H and O–H groups in total. The van der Waals surface area contributed by atoms with E-state index < -0.39 is 0 Å². The van der Waals surface area contributed by atoms with E-state index in [9.17, 15) is 15.3 Å². The van der Waals surface area contributed by atoms with Crippen LogP contribution in [0.2, 0.25) is 0 Å². The van der Waals surface area contributed by atoms with Crippen LogP contribution in [0.15, 0.2) is 90.0 Å². The number of benzene rings is 3. The van der Waals surface area contributed by atoms with E-state index in [-0.39, 0.29) is 29.3 Å². The predicted molar refractivity (Wildman–Crippen MR) is 140 cm³/mol. The first-order chi connectivity index (χ1) is 17.6. The molecule has 0 bridgehead atoms. The number of nitrogens with one attached hydrogen (secondary N) is 1. The molecule has 1 aromatic heterocycles. The van der Waals surface area contributed by atoms with Gasteiger partial charge >= 0.3 is 0 Å². The summed E-state index contributed by atoms with van der Waals surface area (Å²) in [6, 6.07) is 29.9. The number of pyridine rings is 1. The van der Waals surface area contributed by atoms with E-state index in [0.717, 1.165) is 5.75 Å². The molecule has 8 heteroatoms. The third-order valence-electron chi connectivity index (χ3n) is 5.16. The number of anilines is 2. The molecule has 4 rings (SSSR count). The zero-order chi connectivity index (χ0) is 25.3. The molecule has 0 saturated carbocycles. The summed E-state index contributed by atoms with van der Waals surface area (Å²) in [5.74, 6) is 1.65. The van der Waals surface area contributed by atoms with Crippen LogP contribution in [0.5, 0.6) is 11.5 Å². The molecule has 176 valence electrons. The fraction of sp³-hybridized carbons (Fsp3) is 0.0714. The van der Waals surface area contributed by atoms with E-state index >= 15 is 0 Å². The minimum Gasteiger partial charge on any atom is -0.457 e. The van der Waals surface area contributed by atoms with E-state index in [1.807, 2.05) is 60.7 Å². The molecule has 1 heterocycles. The summed E-state index contributed by atoms with van der Waals surface area (Å²) in [4.78, 5) is 16.8. The second-order valence-electron chi connectivity index (χ2n) is 7.60. The number of rotatable bonds is 8. The van der Waals surface area contributed by atoms with Crippen molar-refractivity contribution in [1.29, 1.82) is 10.5 Å². The van der Waals surface area contributed by atoms with Crippen LogP contribution < -0.4 is 15.8 Å². The Morgan fingerprint density at radius 3 is 2.14 bits per heavy atom. The van der Waals surface area contributed by atoms with Gasteiger partial charge in [0.1, 0.15) is 40.0 Å². The SMILES string of the molecule is N#Cc1c(N)nc(SCCC(=O)Nc2ccc(Oc3ccccc3)cc2)c(C#N)c1-c1ccccc1. The van der Waals surface area contributed by atoms with E-state index in [1.165, 1.54) is 11.8 Å². The van der Waals surface area contributed by atoms with Gasteiger partial charge in [-0.2, -0.15) is 10.5 Å². The summed E-state index contributed by atoms with van der Waals surface area (Å²) in [7, 11) is 0. The summed E-state index contributed by atoms with van der Waals surface area (Å²) < 4.78 is 5.76. The number of nitrogens with two attached hydrogens (primary N) is 1. The molecule has 0 aliphatic carbocycles. The lowest BCUT2D eigenvalue weighted by molar-refractivity contribution is -0.115. The zero-order valence-corrected chi connectivity index (χ0v) is 20.0. The van der Waals surface area contributed by atoms with Gasteiger partial charge in [0.25, 0.3) is 0 Å². The second-order valence-corrected chi connectivity index (χ2v) is 8.69. The Balaban J connectivity index is 1.40. The van der Waals surface area contributed by atoms with Gasteiger partial charge < -0.3 is 15.8 Å². The molecule has 4 aromatic rings. The molecule has 0 atom stereocenters. The van der Waals surface area contributed by atoms with Crippen LogP contribution in [-0.2, 0) is 4.79 Å². The molecular formula is C28H21N5O2S. The number of amides is 1. The lowest BCUT2D eigenvalue weighted by Crippen LogP contribution is -2.12. The number of ether oxygens (including phenoxy) is 1. The van der Waals surface area contributed by atoms with Gasteiger partial charge in [0, 0.05) is 23.4 Å². The molecule has 0 fully saturated rings. The topological polar surface area (TPSA) is 125 Å². The minimum atomic E-state index is -0.178. The Morgan fingerprint density at radius 2 is 1.50 bits per heavy atom. The van der Waals surface area contributed by atoms with Crippen molar-refractivity contribution in [3.63, 3.8) is 0 Å². The maximum Gasteiger partial charge on any atom is 0.225 e. The molecule has 0 radical (unpaired) electrons. The van der Waals surface area contributed by atoms with Crippen molar-refractivity contribution in [2.75, 3.05) is 16.8 Å². The smallest absolute Gasteiger partial charge is 0.225 e. The molecule has 3 aromatic carbocycles. The third kappa shape index (κ3) is 5.82. The van der Waals surface area contributed by atoms with Gasteiger partial charge in [-0.1, -0.05) is 48.5 Å². The molecule has 0 aliphatic heterocycles. The Morgan fingerprint density at radius 1 is 0.889 bits per heavy atom. The molecule has 1 amide bonds. The Kier molecular flexibility index (Phi) is 7.82. The summed E-state index contributed by atoms with van der Waals surface area (Å²) in [6.45, 7) is 0. The molecule has 36 heavy (non-hydrogen) atoms. The average molecular weight is 492 g/mol. The largest absolute Gasteiger partial charge is 0.457 e. The van der Waals surface area contributed by atoms with Crippen LogP contribution in [0.25, 0.3) is 11.1 Å². The number of para-hydroxylation sites is 1. The van der Waals surface area contributed by atoms with Gasteiger partial charge in [-0.05, 0) is 42.0 Å². The lowest BCUT2D eigenvalue weighted by atomic mass is 9.97. The highest BCUT2D eigenvalue weighted by Crippen LogP contribution is 2.35. The van der Waals surface area contributed by atoms with Crippen LogP contribution in [-0.4, -0.2) is 16.6 Å². The highest BCUT2D eigenvalue weighted by atomic mass is 32.2. The maximum absolute atomic E-state index is 12.5. The number of aromatic nitrogens is 1. The fourth-order valence-corrected chi connectivity index (χ4v) is 4.43. The number of thioether (sulfide) groups is 1. The molecule has 7 nitrogen and oxygen atoms in total. The number of carbonyl (C=O) groups excluding carboxylic acids is 1. The Bertz CT molecular complexity index is 1440. The molecule has 0 saturated heterocycles. The average Bonchev–Trinajstić information content (AvgIpc) is 2.90. The number of carbonyl (C=O) groups is 1. The van der Waals surface area contributed by atoms with Gasteiger partial charge in [-0.25, -0.2) is 4.98 Å². The van der Waals surface area contributed by atoms with Crippen molar-refractivity contribution >= 4 is 29.2 Å². The maximum atomic E-state index is 12.5. The Labute approximate surface area is 213 Å². The summed E-state index contributed by atoms with van der Waals surface area (Å²) in [5.41, 5.74) is 8.29. The predicted octanol–water partition coefficient (Wildman–Crippen LogP) is 5.99. The number of nitrogens with zero attached hydrogens (tertiary/aromatic N) is 3. The summed E-state index contributed by atoms with van der Waals surface area (Å²) in [5, 5.41) is 22.7. The van der Waals surface area contributed by atoms with Gasteiger partial charge in [-0.3, -0.25) is 4.79 Å². The van der Waals surface area contributed by atoms with E-state index in [1.54, 1.807) is 24.3 Å². The van der Waals surface area contributed by atoms with Gasteiger partial charge in [-0.15, -0.1) is 11.8 Å². The summed E-state index contributed by atoms with van der Waals surface area (Å²) >= 11 is 1.25. The van der Waals surface area contributed by atoms with Gasteiger partial charge in [0.2, 0.25) is 5.91 Å². The van der Waals surface area contributed by atoms with Gasteiger partial charge in [0.15, 0.2) is 0 Å². The van der Waals surface area contributed by atoms with Crippen LogP contribution in [0.1, 0.15) is 17.5 Å². The van der Waals surface area contributed by atoms with Crippen molar-refractivity contribution in [3.8, 4) is 34.8 Å². The van der Waals surface area contributed by atoms with E-state index in [4.69, 9.17) is 10.5 Å².